The first-order valence-electron chi connectivity index (χ1n) is 12.3. The molecule has 4 N–H and O–H groups in total. The van der Waals surface area contributed by atoms with Crippen molar-refractivity contribution < 1.29 is 27.4 Å². The predicted molar refractivity (Wildman–Crippen MR) is 130 cm³/mol. The number of ether oxygens (including phenoxy) is 4. The van der Waals surface area contributed by atoms with E-state index < -0.39 is 9.84 Å². The fourth-order valence-electron chi connectivity index (χ4n) is 5.20. The quantitative estimate of drug-likeness (QED) is 0.374. The van der Waals surface area contributed by atoms with Crippen molar-refractivity contribution in [1.82, 2.24) is 0 Å². The molecule has 4 heterocycles. The molecule has 0 radical (unpaired) electrons. The number of hydrogen-bond donors (Lipinski definition) is 2. The molecule has 188 valence electrons. The third kappa shape index (κ3) is 4.56. The smallest absolute Gasteiger partial charge is 0.207 e. The average molecular weight is 501 g/mol. The highest BCUT2D eigenvalue weighted by atomic mass is 32.2. The van der Waals surface area contributed by atoms with Gasteiger partial charge in [-0.05, 0) is 59.4 Å². The van der Waals surface area contributed by atoms with Gasteiger partial charge in [0.15, 0.2) is 0 Å². The Hall–Kier alpha value is -2.17. The van der Waals surface area contributed by atoms with E-state index in [2.05, 4.69) is 0 Å². The molecule has 0 saturated carbocycles. The fraction of sp³-hybridized carbons (Fsp3) is 0.538. The van der Waals surface area contributed by atoms with Crippen LogP contribution in [0.1, 0.15) is 33.4 Å². The van der Waals surface area contributed by atoms with E-state index in [9.17, 15) is 8.42 Å². The normalized spacial score (nSPS) is 26.6. The van der Waals surface area contributed by atoms with Crippen LogP contribution < -0.4 is 11.5 Å². The number of rotatable bonds is 10. The molecule has 0 bridgehead atoms. The molecule has 4 aliphatic heterocycles. The number of epoxide rings is 4. The summed E-state index contributed by atoms with van der Waals surface area (Å²) in [5, 5.41) is 0. The number of benzene rings is 2. The van der Waals surface area contributed by atoms with E-state index >= 15 is 0 Å². The maximum Gasteiger partial charge on any atom is 0.207 e. The van der Waals surface area contributed by atoms with Gasteiger partial charge in [0.05, 0.1) is 60.6 Å². The lowest BCUT2D eigenvalue weighted by atomic mass is 9.88. The molecule has 4 aliphatic rings. The molecule has 4 saturated heterocycles. The Morgan fingerprint density at radius 1 is 0.714 bits per heavy atom. The van der Waals surface area contributed by atoms with E-state index in [1.54, 1.807) is 12.1 Å². The number of nitrogen functional groups attached to an aromatic ring is 2. The van der Waals surface area contributed by atoms with Gasteiger partial charge in [-0.3, -0.25) is 0 Å². The van der Waals surface area contributed by atoms with Gasteiger partial charge in [0, 0.05) is 37.1 Å². The lowest BCUT2D eigenvalue weighted by molar-refractivity contribution is 0.397. The van der Waals surface area contributed by atoms with Crippen LogP contribution in [0.5, 0.6) is 0 Å². The highest BCUT2D eigenvalue weighted by molar-refractivity contribution is 7.91. The van der Waals surface area contributed by atoms with E-state index in [0.29, 0.717) is 79.5 Å². The molecule has 35 heavy (non-hydrogen) atoms. The van der Waals surface area contributed by atoms with Gasteiger partial charge in [0.1, 0.15) is 0 Å². The monoisotopic (exact) mass is 500 g/mol. The Labute approximate surface area is 205 Å². The number of nitrogens with two attached hydrogens (primary N) is 2. The van der Waals surface area contributed by atoms with Crippen LogP contribution in [0.3, 0.4) is 0 Å². The minimum atomic E-state index is -3.90. The predicted octanol–water partition coefficient (Wildman–Crippen LogP) is 2.07. The largest absolute Gasteiger partial charge is 0.398 e. The highest BCUT2D eigenvalue weighted by Gasteiger charge is 2.38. The Kier molecular flexibility index (Phi) is 5.61. The van der Waals surface area contributed by atoms with Crippen LogP contribution in [0.25, 0.3) is 0 Å². The zero-order valence-electron chi connectivity index (χ0n) is 20.1. The Bertz CT molecular complexity index is 1290. The van der Waals surface area contributed by atoms with Crippen molar-refractivity contribution in [3.63, 3.8) is 0 Å². The van der Waals surface area contributed by atoms with Gasteiger partial charge in [-0.2, -0.15) is 0 Å². The first-order chi connectivity index (χ1) is 16.7. The van der Waals surface area contributed by atoms with Crippen molar-refractivity contribution in [2.45, 2.75) is 73.7 Å². The van der Waals surface area contributed by atoms with E-state index in [0.717, 1.165) is 22.3 Å². The van der Waals surface area contributed by atoms with Gasteiger partial charge in [0.25, 0.3) is 0 Å². The molecule has 2 aromatic carbocycles. The van der Waals surface area contributed by atoms with Crippen LogP contribution in [-0.2, 0) is 54.5 Å². The van der Waals surface area contributed by atoms with Gasteiger partial charge in [-0.25, -0.2) is 8.42 Å². The number of sulfone groups is 1. The van der Waals surface area contributed by atoms with Crippen molar-refractivity contribution in [2.75, 3.05) is 37.9 Å². The summed E-state index contributed by atoms with van der Waals surface area (Å²) in [7, 11) is -3.90. The summed E-state index contributed by atoms with van der Waals surface area (Å²) in [6.45, 7) is 6.35. The van der Waals surface area contributed by atoms with Gasteiger partial charge in [-0.1, -0.05) is 0 Å². The molecule has 9 heteroatoms. The standard InChI is InChI=1S/C26H32N2O6S/c1-13-19(5-15-9-31-15)23(27)3-4-24(13)35(29,30)26-14(2)25(28)21(7-17-11-33-17)20(6-16-10-32-16)22(26)8-18-12-34-18/h3-4,15-18H,5-12,27-28H2,1-2H3. The van der Waals surface area contributed by atoms with Crippen molar-refractivity contribution in [2.24, 2.45) is 0 Å². The summed E-state index contributed by atoms with van der Waals surface area (Å²) in [6, 6.07) is 3.32. The van der Waals surface area contributed by atoms with Crippen LogP contribution in [0.15, 0.2) is 21.9 Å². The molecule has 0 aromatic heterocycles. The summed E-state index contributed by atoms with van der Waals surface area (Å²) >= 11 is 0. The molecule has 6 rings (SSSR count). The van der Waals surface area contributed by atoms with Crippen LogP contribution in [0.2, 0.25) is 0 Å². The van der Waals surface area contributed by atoms with Crippen LogP contribution in [0, 0.1) is 13.8 Å². The summed E-state index contributed by atoms with van der Waals surface area (Å²) in [5.74, 6) is 0. The Morgan fingerprint density at radius 2 is 1.17 bits per heavy atom. The van der Waals surface area contributed by atoms with Gasteiger partial charge < -0.3 is 30.4 Å². The highest BCUT2D eigenvalue weighted by Crippen LogP contribution is 2.42. The first kappa shape index (κ1) is 23.2. The van der Waals surface area contributed by atoms with E-state index in [1.165, 1.54) is 0 Å². The summed E-state index contributed by atoms with van der Waals surface area (Å²) in [4.78, 5) is 0.581. The second-order valence-corrected chi connectivity index (χ2v) is 12.1. The van der Waals surface area contributed by atoms with Crippen LogP contribution >= 0.6 is 0 Å². The van der Waals surface area contributed by atoms with Gasteiger partial charge in [0.2, 0.25) is 9.84 Å². The SMILES string of the molecule is Cc1c(S(=O)(=O)c2c(C)c(N)c(CC3CO3)c(CC3CO3)c2CC2CO2)ccc(N)c1CC1CO1. The number of anilines is 2. The third-order valence-electron chi connectivity index (χ3n) is 7.55. The van der Waals surface area contributed by atoms with Gasteiger partial charge in [-0.15, -0.1) is 0 Å². The fourth-order valence-corrected chi connectivity index (χ4v) is 7.24. The summed E-state index contributed by atoms with van der Waals surface area (Å²) in [6.07, 6.45) is 2.81. The molecule has 4 fully saturated rings. The van der Waals surface area contributed by atoms with E-state index in [1.807, 2.05) is 13.8 Å². The Balaban J connectivity index is 1.54. The van der Waals surface area contributed by atoms with Crippen molar-refractivity contribution >= 4 is 21.2 Å². The van der Waals surface area contributed by atoms with Crippen molar-refractivity contribution in [3.05, 3.63) is 45.5 Å². The first-order valence-corrected chi connectivity index (χ1v) is 13.7. The third-order valence-corrected chi connectivity index (χ3v) is 9.66. The van der Waals surface area contributed by atoms with E-state index in [-0.39, 0.29) is 29.3 Å². The van der Waals surface area contributed by atoms with Crippen molar-refractivity contribution in [1.29, 1.82) is 0 Å². The summed E-state index contributed by atoms with van der Waals surface area (Å²) < 4.78 is 50.8. The van der Waals surface area contributed by atoms with E-state index in [4.69, 9.17) is 30.4 Å². The summed E-state index contributed by atoms with van der Waals surface area (Å²) in [5.41, 5.74) is 19.0. The molecule has 4 unspecified atom stereocenters. The maximum atomic E-state index is 14.4. The minimum Gasteiger partial charge on any atom is -0.398 e. The topological polar surface area (TPSA) is 136 Å². The minimum absolute atomic E-state index is 0.0194. The van der Waals surface area contributed by atoms with Crippen LogP contribution in [0.4, 0.5) is 11.4 Å². The molecule has 0 spiro atoms. The zero-order chi connectivity index (χ0) is 24.5. The zero-order valence-corrected chi connectivity index (χ0v) is 20.9. The second-order valence-electron chi connectivity index (χ2n) is 10.2. The van der Waals surface area contributed by atoms with Gasteiger partial charge >= 0.3 is 0 Å². The average Bonchev–Trinajstić information content (AvgIpc) is 3.63. The Morgan fingerprint density at radius 3 is 1.69 bits per heavy atom. The molecule has 8 nitrogen and oxygen atoms in total. The molecule has 0 aliphatic carbocycles. The molecule has 4 atom stereocenters. The number of hydrogen-bond acceptors (Lipinski definition) is 8. The molecular formula is C26H32N2O6S. The molecule has 0 amide bonds. The van der Waals surface area contributed by atoms with Crippen molar-refractivity contribution in [3.8, 4) is 0 Å². The van der Waals surface area contributed by atoms with Crippen LogP contribution in [-0.4, -0.2) is 59.3 Å². The maximum absolute atomic E-state index is 14.4. The second kappa shape index (κ2) is 8.45. The lowest BCUT2D eigenvalue weighted by Gasteiger charge is -2.24. The molecule has 2 aromatic rings. The lowest BCUT2D eigenvalue weighted by Crippen LogP contribution is -2.19. The molecular weight excluding hydrogens is 468 g/mol.